The zero-order valence-corrected chi connectivity index (χ0v) is 24.4. The first kappa shape index (κ1) is 30.2. The predicted molar refractivity (Wildman–Crippen MR) is 156 cm³/mol. The van der Waals surface area contributed by atoms with E-state index < -0.39 is 28.5 Å². The van der Waals surface area contributed by atoms with Crippen LogP contribution in [0.15, 0.2) is 83.8 Å². The van der Waals surface area contributed by atoms with Crippen LogP contribution in [0.5, 0.6) is 0 Å². The fourth-order valence-corrected chi connectivity index (χ4v) is 5.90. The summed E-state index contributed by atoms with van der Waals surface area (Å²) in [6.45, 7) is 7.08. The van der Waals surface area contributed by atoms with Gasteiger partial charge < -0.3 is 10.2 Å². The molecular formula is C30H36ClN3O4S. The first-order valence-electron chi connectivity index (χ1n) is 13.1. The molecule has 3 rings (SSSR count). The summed E-state index contributed by atoms with van der Waals surface area (Å²) in [5, 5.41) is 3.36. The zero-order chi connectivity index (χ0) is 28.6. The Morgan fingerprint density at radius 1 is 0.897 bits per heavy atom. The van der Waals surface area contributed by atoms with Crippen LogP contribution in [0, 0.1) is 6.92 Å². The molecule has 0 bridgehead atoms. The fourth-order valence-electron chi connectivity index (χ4n) is 4.24. The van der Waals surface area contributed by atoms with Crippen LogP contribution in [-0.4, -0.2) is 43.8 Å². The second kappa shape index (κ2) is 13.6. The van der Waals surface area contributed by atoms with Crippen molar-refractivity contribution < 1.29 is 18.0 Å². The number of rotatable bonds is 12. The topological polar surface area (TPSA) is 86.8 Å². The van der Waals surface area contributed by atoms with Crippen molar-refractivity contribution >= 4 is 39.1 Å². The smallest absolute Gasteiger partial charge is 0.264 e. The standard InChI is InChI=1S/C30H36ClN3O4S/c1-5-22(3)32-30(36)27(6-2)33(20-24-14-9-7-10-15-24)29(35)21-34(28-19-13-18-26(31)23(28)4)39(37,38)25-16-11-8-12-17-25/h7-19,22,27H,5-6,20-21H2,1-4H3,(H,32,36). The SMILES string of the molecule is CCC(C)NC(=O)C(CC)N(Cc1ccccc1)C(=O)CN(c1cccc(Cl)c1C)S(=O)(=O)c1ccccc1. The normalized spacial score (nSPS) is 12.8. The maximum absolute atomic E-state index is 14.1. The van der Waals surface area contributed by atoms with E-state index in [1.807, 2.05) is 51.1 Å². The average Bonchev–Trinajstić information content (AvgIpc) is 2.94. The lowest BCUT2D eigenvalue weighted by Gasteiger charge is -2.34. The first-order valence-corrected chi connectivity index (χ1v) is 14.9. The molecule has 0 saturated carbocycles. The Bertz CT molecular complexity index is 1370. The molecule has 7 nitrogen and oxygen atoms in total. The molecule has 9 heteroatoms. The van der Waals surface area contributed by atoms with Crippen molar-refractivity contribution in [1.29, 1.82) is 0 Å². The molecule has 1 N–H and O–H groups in total. The maximum atomic E-state index is 14.1. The summed E-state index contributed by atoms with van der Waals surface area (Å²) in [6, 6.07) is 21.4. The quantitative estimate of drug-likeness (QED) is 0.309. The van der Waals surface area contributed by atoms with Crippen molar-refractivity contribution in [2.45, 2.75) is 64.1 Å². The number of hydrogen-bond acceptors (Lipinski definition) is 4. The molecule has 2 atom stereocenters. The molecule has 0 fully saturated rings. The van der Waals surface area contributed by atoms with Gasteiger partial charge in [0.1, 0.15) is 12.6 Å². The Hall–Kier alpha value is -3.36. The predicted octanol–water partition coefficient (Wildman–Crippen LogP) is 5.57. The second-order valence-corrected chi connectivity index (χ2v) is 11.7. The minimum absolute atomic E-state index is 0.0494. The van der Waals surface area contributed by atoms with Crippen LogP contribution in [0.4, 0.5) is 5.69 Å². The molecule has 0 radical (unpaired) electrons. The average molecular weight is 570 g/mol. The van der Waals surface area contributed by atoms with Gasteiger partial charge in [-0.05, 0) is 62.1 Å². The molecule has 2 amide bonds. The number of carbonyl (C=O) groups is 2. The highest BCUT2D eigenvalue weighted by atomic mass is 35.5. The van der Waals surface area contributed by atoms with Gasteiger partial charge in [-0.1, -0.05) is 80.0 Å². The van der Waals surface area contributed by atoms with Gasteiger partial charge in [-0.25, -0.2) is 8.42 Å². The first-order chi connectivity index (χ1) is 18.6. The third-order valence-electron chi connectivity index (χ3n) is 6.70. The van der Waals surface area contributed by atoms with Crippen LogP contribution >= 0.6 is 11.6 Å². The molecule has 0 spiro atoms. The lowest BCUT2D eigenvalue weighted by molar-refractivity contribution is -0.140. The van der Waals surface area contributed by atoms with Gasteiger partial charge in [0.15, 0.2) is 0 Å². The largest absolute Gasteiger partial charge is 0.352 e. The number of hydrogen-bond donors (Lipinski definition) is 1. The number of benzene rings is 3. The van der Waals surface area contributed by atoms with Gasteiger partial charge in [0.25, 0.3) is 10.0 Å². The summed E-state index contributed by atoms with van der Waals surface area (Å²) in [5.74, 6) is -0.767. The van der Waals surface area contributed by atoms with Gasteiger partial charge in [-0.3, -0.25) is 13.9 Å². The van der Waals surface area contributed by atoms with Crippen molar-refractivity contribution in [2.24, 2.45) is 0 Å². The van der Waals surface area contributed by atoms with E-state index in [4.69, 9.17) is 11.6 Å². The Balaban J connectivity index is 2.08. The number of amides is 2. The number of anilines is 1. The van der Waals surface area contributed by atoms with E-state index in [0.29, 0.717) is 22.7 Å². The molecule has 2 unspecified atom stereocenters. The Labute approximate surface area is 236 Å². The van der Waals surface area contributed by atoms with Gasteiger partial charge in [0.05, 0.1) is 10.6 Å². The fraction of sp³-hybridized carbons (Fsp3) is 0.333. The Kier molecular flexibility index (Phi) is 10.5. The van der Waals surface area contributed by atoms with Crippen LogP contribution < -0.4 is 9.62 Å². The molecule has 0 aliphatic heterocycles. The van der Waals surface area contributed by atoms with Crippen molar-refractivity contribution in [3.8, 4) is 0 Å². The number of nitrogens with one attached hydrogen (secondary N) is 1. The Morgan fingerprint density at radius 2 is 1.51 bits per heavy atom. The van der Waals surface area contributed by atoms with E-state index in [2.05, 4.69) is 5.32 Å². The van der Waals surface area contributed by atoms with Crippen molar-refractivity contribution in [2.75, 3.05) is 10.8 Å². The number of halogens is 1. The molecule has 39 heavy (non-hydrogen) atoms. The van der Waals surface area contributed by atoms with Gasteiger partial charge in [0, 0.05) is 17.6 Å². The zero-order valence-electron chi connectivity index (χ0n) is 22.8. The summed E-state index contributed by atoms with van der Waals surface area (Å²) >= 11 is 6.37. The minimum atomic E-state index is -4.14. The van der Waals surface area contributed by atoms with E-state index in [0.717, 1.165) is 16.3 Å². The van der Waals surface area contributed by atoms with Gasteiger partial charge in [-0.15, -0.1) is 0 Å². The van der Waals surface area contributed by atoms with Crippen LogP contribution in [0.1, 0.15) is 44.7 Å². The molecule has 0 heterocycles. The summed E-state index contributed by atoms with van der Waals surface area (Å²) < 4.78 is 28.9. The molecular weight excluding hydrogens is 534 g/mol. The third kappa shape index (κ3) is 7.40. The minimum Gasteiger partial charge on any atom is -0.352 e. The van der Waals surface area contributed by atoms with Crippen LogP contribution in [-0.2, 0) is 26.2 Å². The monoisotopic (exact) mass is 569 g/mol. The van der Waals surface area contributed by atoms with Gasteiger partial charge in [0.2, 0.25) is 11.8 Å². The lowest BCUT2D eigenvalue weighted by atomic mass is 10.1. The van der Waals surface area contributed by atoms with E-state index in [1.165, 1.54) is 17.0 Å². The van der Waals surface area contributed by atoms with Gasteiger partial charge in [-0.2, -0.15) is 0 Å². The highest BCUT2D eigenvalue weighted by molar-refractivity contribution is 7.92. The number of nitrogens with zero attached hydrogens (tertiary/aromatic N) is 2. The molecule has 208 valence electrons. The summed E-state index contributed by atoms with van der Waals surface area (Å²) in [4.78, 5) is 28.9. The summed E-state index contributed by atoms with van der Waals surface area (Å²) in [7, 11) is -4.14. The van der Waals surface area contributed by atoms with Crippen LogP contribution in [0.2, 0.25) is 5.02 Å². The van der Waals surface area contributed by atoms with E-state index in [-0.39, 0.29) is 23.4 Å². The maximum Gasteiger partial charge on any atom is 0.264 e. The van der Waals surface area contributed by atoms with Crippen molar-refractivity contribution in [3.05, 3.63) is 95.0 Å². The van der Waals surface area contributed by atoms with E-state index in [1.54, 1.807) is 43.3 Å². The number of sulfonamides is 1. The summed E-state index contributed by atoms with van der Waals surface area (Å²) in [6.07, 6.45) is 1.11. The third-order valence-corrected chi connectivity index (χ3v) is 8.88. The highest BCUT2D eigenvalue weighted by Crippen LogP contribution is 2.31. The molecule has 0 aliphatic carbocycles. The molecule has 3 aromatic rings. The molecule has 0 saturated heterocycles. The van der Waals surface area contributed by atoms with E-state index >= 15 is 0 Å². The van der Waals surface area contributed by atoms with Crippen molar-refractivity contribution in [3.63, 3.8) is 0 Å². The van der Waals surface area contributed by atoms with Gasteiger partial charge >= 0.3 is 0 Å². The second-order valence-electron chi connectivity index (χ2n) is 9.46. The molecule has 0 aliphatic rings. The molecule has 3 aromatic carbocycles. The van der Waals surface area contributed by atoms with E-state index in [9.17, 15) is 18.0 Å². The van der Waals surface area contributed by atoms with Crippen molar-refractivity contribution in [1.82, 2.24) is 10.2 Å². The lowest BCUT2D eigenvalue weighted by Crippen LogP contribution is -2.53. The van der Waals surface area contributed by atoms with Crippen LogP contribution in [0.3, 0.4) is 0 Å². The number of carbonyl (C=O) groups excluding carboxylic acids is 2. The Morgan fingerprint density at radius 3 is 2.10 bits per heavy atom. The summed E-state index contributed by atoms with van der Waals surface area (Å²) in [5.41, 5.74) is 1.66. The molecule has 0 aromatic heterocycles. The highest BCUT2D eigenvalue weighted by Gasteiger charge is 2.34. The van der Waals surface area contributed by atoms with Crippen LogP contribution in [0.25, 0.3) is 0 Å².